The summed E-state index contributed by atoms with van der Waals surface area (Å²) >= 11 is 0. The molecule has 0 aromatic rings. The van der Waals surface area contributed by atoms with Crippen molar-refractivity contribution in [3.8, 4) is 0 Å². The Bertz CT molecular complexity index is 109. The summed E-state index contributed by atoms with van der Waals surface area (Å²) in [6.45, 7) is 0.0796. The zero-order valence-corrected chi connectivity index (χ0v) is 6.08. The second-order valence-corrected chi connectivity index (χ2v) is 1.78. The summed E-state index contributed by atoms with van der Waals surface area (Å²) in [5.41, 5.74) is 5.06. The van der Waals surface area contributed by atoms with Gasteiger partial charge in [0.2, 0.25) is 0 Å². The molecule has 7 N–H and O–H groups in total. The van der Waals surface area contributed by atoms with Crippen molar-refractivity contribution in [2.75, 3.05) is 19.7 Å². The molecule has 0 aromatic carbocycles. The summed E-state index contributed by atoms with van der Waals surface area (Å²) in [7, 11) is 0. The van der Waals surface area contributed by atoms with Crippen molar-refractivity contribution in [1.82, 2.24) is 5.32 Å². The van der Waals surface area contributed by atoms with Gasteiger partial charge in [0.15, 0.2) is 6.10 Å². The van der Waals surface area contributed by atoms with E-state index in [1.54, 1.807) is 0 Å². The second-order valence-electron chi connectivity index (χ2n) is 1.78. The Morgan fingerprint density at radius 3 is 2.55 bits per heavy atom. The van der Waals surface area contributed by atoms with Crippen LogP contribution in [0.5, 0.6) is 0 Å². The highest BCUT2D eigenvalue weighted by molar-refractivity contribution is 5.80. The van der Waals surface area contributed by atoms with Crippen molar-refractivity contribution in [1.29, 1.82) is 0 Å². The molecule has 1 unspecified atom stereocenters. The van der Waals surface area contributed by atoms with Gasteiger partial charge in [-0.3, -0.25) is 4.79 Å². The van der Waals surface area contributed by atoms with E-state index in [1.807, 2.05) is 0 Å². The van der Waals surface area contributed by atoms with Gasteiger partial charge < -0.3 is 26.7 Å². The fraction of sp³-hybridized carbons (Fsp3) is 0.800. The van der Waals surface area contributed by atoms with Crippen LogP contribution in [0.3, 0.4) is 0 Å². The van der Waals surface area contributed by atoms with E-state index in [0.717, 1.165) is 0 Å². The number of rotatable bonds is 4. The van der Waals surface area contributed by atoms with E-state index in [2.05, 4.69) is 5.32 Å². The maximum absolute atomic E-state index is 10.6. The standard InChI is InChI=1S/C5H12N2O3.H2O/c6-1-2-7-5(10)4(9)3-8;/h4,8-9H,1-3,6H2,(H,7,10);1H2. The molecule has 1 amide bonds. The van der Waals surface area contributed by atoms with Crippen molar-refractivity contribution < 1.29 is 20.5 Å². The van der Waals surface area contributed by atoms with Crippen LogP contribution >= 0.6 is 0 Å². The Morgan fingerprint density at radius 2 is 2.18 bits per heavy atom. The van der Waals surface area contributed by atoms with E-state index in [-0.39, 0.29) is 5.48 Å². The quantitative estimate of drug-likeness (QED) is 0.347. The van der Waals surface area contributed by atoms with Gasteiger partial charge in [0, 0.05) is 13.1 Å². The van der Waals surface area contributed by atoms with Crippen LogP contribution in [0.15, 0.2) is 0 Å². The molecule has 0 aliphatic carbocycles. The highest BCUT2D eigenvalue weighted by Crippen LogP contribution is 1.78. The maximum atomic E-state index is 10.6. The Hall–Kier alpha value is -0.690. The van der Waals surface area contributed by atoms with Crippen molar-refractivity contribution in [3.63, 3.8) is 0 Å². The first-order chi connectivity index (χ1) is 4.72. The predicted molar refractivity (Wildman–Crippen MR) is 38.8 cm³/mol. The summed E-state index contributed by atoms with van der Waals surface area (Å²) in [6.07, 6.45) is -1.33. The van der Waals surface area contributed by atoms with E-state index in [1.165, 1.54) is 0 Å². The largest absolute Gasteiger partial charge is 0.412 e. The summed E-state index contributed by atoms with van der Waals surface area (Å²) in [4.78, 5) is 10.6. The van der Waals surface area contributed by atoms with Crippen LogP contribution < -0.4 is 11.1 Å². The minimum Gasteiger partial charge on any atom is -0.412 e. The summed E-state index contributed by atoms with van der Waals surface area (Å²) < 4.78 is 0. The third-order valence-electron chi connectivity index (χ3n) is 0.919. The number of aliphatic hydroxyl groups is 2. The second kappa shape index (κ2) is 7.42. The number of nitrogens with two attached hydrogens (primary N) is 1. The molecule has 0 bridgehead atoms. The van der Waals surface area contributed by atoms with Crippen molar-refractivity contribution >= 4 is 5.91 Å². The van der Waals surface area contributed by atoms with Crippen LogP contribution in [0.1, 0.15) is 0 Å². The number of carbonyl (C=O) groups excluding carboxylic acids is 1. The lowest BCUT2D eigenvalue weighted by atomic mass is 10.3. The lowest BCUT2D eigenvalue weighted by Gasteiger charge is -2.06. The molecule has 0 rings (SSSR count). The van der Waals surface area contributed by atoms with Crippen molar-refractivity contribution in [2.24, 2.45) is 5.73 Å². The number of amides is 1. The highest BCUT2D eigenvalue weighted by atomic mass is 16.3. The zero-order valence-electron chi connectivity index (χ0n) is 6.08. The van der Waals surface area contributed by atoms with E-state index in [0.29, 0.717) is 13.1 Å². The van der Waals surface area contributed by atoms with E-state index < -0.39 is 18.6 Å². The van der Waals surface area contributed by atoms with Gasteiger partial charge in [-0.25, -0.2) is 0 Å². The zero-order chi connectivity index (χ0) is 7.98. The molecule has 0 aromatic heterocycles. The smallest absolute Gasteiger partial charge is 0.251 e. The van der Waals surface area contributed by atoms with E-state index >= 15 is 0 Å². The van der Waals surface area contributed by atoms with Crippen LogP contribution in [0.25, 0.3) is 0 Å². The lowest BCUT2D eigenvalue weighted by Crippen LogP contribution is -2.39. The average molecular weight is 166 g/mol. The van der Waals surface area contributed by atoms with Gasteiger partial charge >= 0.3 is 0 Å². The fourth-order valence-corrected chi connectivity index (χ4v) is 0.396. The van der Waals surface area contributed by atoms with Gasteiger partial charge in [-0.15, -0.1) is 0 Å². The molecule has 0 heterocycles. The number of nitrogens with one attached hydrogen (secondary N) is 1. The number of carbonyl (C=O) groups is 1. The topological polar surface area (TPSA) is 127 Å². The van der Waals surface area contributed by atoms with Crippen molar-refractivity contribution in [2.45, 2.75) is 6.10 Å². The molecule has 0 spiro atoms. The molecular formula is C5H14N2O4. The van der Waals surface area contributed by atoms with E-state index in [4.69, 9.17) is 15.9 Å². The molecule has 0 radical (unpaired) electrons. The molecule has 11 heavy (non-hydrogen) atoms. The number of hydrogen-bond donors (Lipinski definition) is 4. The molecule has 0 saturated carbocycles. The molecule has 1 atom stereocenters. The summed E-state index contributed by atoms with van der Waals surface area (Å²) in [6, 6.07) is 0. The van der Waals surface area contributed by atoms with Crippen molar-refractivity contribution in [3.05, 3.63) is 0 Å². The number of hydrogen-bond acceptors (Lipinski definition) is 4. The van der Waals surface area contributed by atoms with Crippen LogP contribution in [-0.2, 0) is 4.79 Å². The monoisotopic (exact) mass is 166 g/mol. The molecule has 0 aliphatic rings. The molecular weight excluding hydrogens is 152 g/mol. The van der Waals surface area contributed by atoms with Gasteiger partial charge in [-0.1, -0.05) is 0 Å². The predicted octanol–water partition coefficient (Wildman–Crippen LogP) is -3.41. The Morgan fingerprint density at radius 1 is 1.64 bits per heavy atom. The normalized spacial score (nSPS) is 11.5. The highest BCUT2D eigenvalue weighted by Gasteiger charge is 2.11. The first-order valence-corrected chi connectivity index (χ1v) is 2.99. The SMILES string of the molecule is NCCNC(=O)C(O)CO.O. The van der Waals surface area contributed by atoms with Gasteiger partial charge in [-0.05, 0) is 0 Å². The third-order valence-corrected chi connectivity index (χ3v) is 0.919. The Labute approximate surface area is 64.3 Å². The first-order valence-electron chi connectivity index (χ1n) is 2.99. The van der Waals surface area contributed by atoms with Crippen LogP contribution in [0.2, 0.25) is 0 Å². The molecule has 68 valence electrons. The fourth-order valence-electron chi connectivity index (χ4n) is 0.396. The van der Waals surface area contributed by atoms with Gasteiger partial charge in [-0.2, -0.15) is 0 Å². The van der Waals surface area contributed by atoms with Crippen LogP contribution in [0.4, 0.5) is 0 Å². The summed E-state index contributed by atoms with van der Waals surface area (Å²) in [5.74, 6) is -0.590. The minimum atomic E-state index is -1.33. The van der Waals surface area contributed by atoms with Gasteiger partial charge in [0.25, 0.3) is 5.91 Å². The summed E-state index contributed by atoms with van der Waals surface area (Å²) in [5, 5.41) is 19.2. The lowest BCUT2D eigenvalue weighted by molar-refractivity contribution is -0.131. The molecule has 6 nitrogen and oxygen atoms in total. The van der Waals surface area contributed by atoms with Crippen LogP contribution in [-0.4, -0.2) is 47.4 Å². The van der Waals surface area contributed by atoms with Crippen LogP contribution in [0, 0.1) is 0 Å². The average Bonchev–Trinajstić information content (AvgIpc) is 1.98. The maximum Gasteiger partial charge on any atom is 0.251 e. The Balaban J connectivity index is 0. The third kappa shape index (κ3) is 5.74. The molecule has 0 aliphatic heterocycles. The van der Waals surface area contributed by atoms with E-state index in [9.17, 15) is 4.79 Å². The minimum absolute atomic E-state index is 0. The first kappa shape index (κ1) is 12.9. The molecule has 0 fully saturated rings. The molecule has 6 heteroatoms. The molecule has 0 saturated heterocycles. The van der Waals surface area contributed by atoms with Gasteiger partial charge in [0.1, 0.15) is 0 Å². The van der Waals surface area contributed by atoms with Gasteiger partial charge in [0.05, 0.1) is 6.61 Å². The Kier molecular flexibility index (Phi) is 8.73. The number of aliphatic hydroxyl groups excluding tert-OH is 2.